The predicted octanol–water partition coefficient (Wildman–Crippen LogP) is 2.43. The molecule has 7 heteroatoms. The fourth-order valence-electron chi connectivity index (χ4n) is 3.02. The van der Waals surface area contributed by atoms with Crippen LogP contribution in [-0.4, -0.2) is 25.0 Å². The minimum Gasteiger partial charge on any atom is -0.366 e. The van der Waals surface area contributed by atoms with Crippen LogP contribution in [0.3, 0.4) is 0 Å². The van der Waals surface area contributed by atoms with Crippen LogP contribution in [0.2, 0.25) is 0 Å². The first-order valence-electron chi connectivity index (χ1n) is 8.29. The van der Waals surface area contributed by atoms with Crippen LogP contribution in [0.1, 0.15) is 35.2 Å². The number of benzene rings is 2. The summed E-state index contributed by atoms with van der Waals surface area (Å²) in [4.78, 5) is 24.1. The summed E-state index contributed by atoms with van der Waals surface area (Å²) in [6.07, 6.45) is 1.25. The fraction of sp³-hybridized carbons (Fsp3) is 0.263. The van der Waals surface area contributed by atoms with Crippen molar-refractivity contribution in [2.75, 3.05) is 5.32 Å². The number of amides is 2. The van der Waals surface area contributed by atoms with Crippen LogP contribution in [0.15, 0.2) is 53.4 Å². The van der Waals surface area contributed by atoms with E-state index in [2.05, 4.69) is 5.32 Å². The fourth-order valence-corrected chi connectivity index (χ4v) is 5.09. The molecule has 0 spiro atoms. The van der Waals surface area contributed by atoms with Crippen LogP contribution in [-0.2, 0) is 14.6 Å². The Bertz CT molecular complexity index is 944. The van der Waals surface area contributed by atoms with E-state index in [0.29, 0.717) is 17.7 Å². The second-order valence-electron chi connectivity index (χ2n) is 6.56. The third-order valence-electron chi connectivity index (χ3n) is 4.85. The number of nitrogens with one attached hydrogen (secondary N) is 1. The summed E-state index contributed by atoms with van der Waals surface area (Å²) in [5.74, 6) is -1.11. The Hall–Kier alpha value is -2.67. The van der Waals surface area contributed by atoms with Gasteiger partial charge in [0.25, 0.3) is 0 Å². The van der Waals surface area contributed by atoms with E-state index < -0.39 is 26.4 Å². The smallest absolute Gasteiger partial charge is 0.248 e. The maximum absolute atomic E-state index is 13.1. The van der Waals surface area contributed by atoms with Crippen molar-refractivity contribution in [1.82, 2.24) is 0 Å². The van der Waals surface area contributed by atoms with Crippen LogP contribution in [0, 0.1) is 6.92 Å². The van der Waals surface area contributed by atoms with Crippen molar-refractivity contribution in [3.63, 3.8) is 0 Å². The van der Waals surface area contributed by atoms with Crippen LogP contribution in [0.25, 0.3) is 0 Å². The standard InChI is InChI=1S/C19H20N2O4S/c1-13-3-9-16(10-4-13)26(24,25)19(11-2-12-19)18(23)21-15-7-5-14(6-8-15)17(20)22/h3-10H,2,11-12H2,1H3,(H2,20,22)(H,21,23). The van der Waals surface area contributed by atoms with Crippen molar-refractivity contribution >= 4 is 27.3 Å². The Labute approximate surface area is 152 Å². The van der Waals surface area contributed by atoms with Gasteiger partial charge in [-0.2, -0.15) is 0 Å². The highest BCUT2D eigenvalue weighted by atomic mass is 32.2. The Morgan fingerprint density at radius 2 is 1.58 bits per heavy atom. The molecule has 1 aliphatic rings. The van der Waals surface area contributed by atoms with E-state index in [0.717, 1.165) is 5.56 Å². The third kappa shape index (κ3) is 2.99. The number of carbonyl (C=O) groups is 2. The van der Waals surface area contributed by atoms with Gasteiger partial charge in [0.1, 0.15) is 0 Å². The molecule has 0 aromatic heterocycles. The molecule has 2 aromatic carbocycles. The van der Waals surface area contributed by atoms with Crippen LogP contribution in [0.4, 0.5) is 5.69 Å². The molecular formula is C19H20N2O4S. The zero-order chi connectivity index (χ0) is 18.9. The summed E-state index contributed by atoms with van der Waals surface area (Å²) in [6.45, 7) is 1.87. The first-order valence-corrected chi connectivity index (χ1v) is 9.77. The summed E-state index contributed by atoms with van der Waals surface area (Å²) in [7, 11) is -3.81. The molecule has 26 heavy (non-hydrogen) atoms. The number of anilines is 1. The Morgan fingerprint density at radius 1 is 1.00 bits per heavy atom. The molecule has 0 unspecified atom stereocenters. The van der Waals surface area contributed by atoms with E-state index in [1.54, 1.807) is 24.3 Å². The number of nitrogens with two attached hydrogens (primary N) is 1. The topological polar surface area (TPSA) is 106 Å². The van der Waals surface area contributed by atoms with Crippen LogP contribution in [0.5, 0.6) is 0 Å². The van der Waals surface area contributed by atoms with Crippen molar-refractivity contribution in [3.05, 3.63) is 59.7 Å². The molecule has 1 saturated carbocycles. The first-order chi connectivity index (χ1) is 12.3. The summed E-state index contributed by atoms with van der Waals surface area (Å²) in [5.41, 5.74) is 6.88. The molecule has 2 amide bonds. The number of primary amides is 1. The van der Waals surface area contributed by atoms with Gasteiger partial charge in [-0.3, -0.25) is 9.59 Å². The van der Waals surface area contributed by atoms with E-state index in [1.165, 1.54) is 24.3 Å². The molecule has 1 aliphatic carbocycles. The van der Waals surface area contributed by atoms with Crippen LogP contribution >= 0.6 is 0 Å². The van der Waals surface area contributed by atoms with Gasteiger partial charge in [0.05, 0.1) is 4.90 Å². The summed E-state index contributed by atoms with van der Waals surface area (Å²) < 4.78 is 24.7. The van der Waals surface area contributed by atoms with E-state index in [1.807, 2.05) is 6.92 Å². The van der Waals surface area contributed by atoms with E-state index in [-0.39, 0.29) is 17.7 Å². The molecule has 0 radical (unpaired) electrons. The van der Waals surface area contributed by atoms with Crippen molar-refractivity contribution in [3.8, 4) is 0 Å². The second-order valence-corrected chi connectivity index (χ2v) is 8.82. The predicted molar refractivity (Wildman–Crippen MR) is 98.5 cm³/mol. The lowest BCUT2D eigenvalue weighted by molar-refractivity contribution is -0.120. The lowest BCUT2D eigenvalue weighted by atomic mass is 9.83. The Kier molecular flexibility index (Phi) is 4.58. The number of aryl methyl sites for hydroxylation is 1. The first kappa shape index (κ1) is 18.1. The van der Waals surface area contributed by atoms with Gasteiger partial charge in [0.15, 0.2) is 14.6 Å². The van der Waals surface area contributed by atoms with Crippen molar-refractivity contribution in [2.45, 2.75) is 35.8 Å². The maximum atomic E-state index is 13.1. The van der Waals surface area contributed by atoms with Crippen molar-refractivity contribution in [2.24, 2.45) is 5.73 Å². The summed E-state index contributed by atoms with van der Waals surface area (Å²) in [6, 6.07) is 12.6. The lowest BCUT2D eigenvalue weighted by Crippen LogP contribution is -2.54. The lowest BCUT2D eigenvalue weighted by Gasteiger charge is -2.39. The van der Waals surface area contributed by atoms with Gasteiger partial charge in [-0.1, -0.05) is 17.7 Å². The van der Waals surface area contributed by atoms with E-state index in [4.69, 9.17) is 5.73 Å². The Balaban J connectivity index is 1.88. The van der Waals surface area contributed by atoms with E-state index in [9.17, 15) is 18.0 Å². The molecule has 3 N–H and O–H groups in total. The molecule has 0 heterocycles. The van der Waals surface area contributed by atoms with Gasteiger partial charge in [-0.15, -0.1) is 0 Å². The Morgan fingerprint density at radius 3 is 2.04 bits per heavy atom. The molecule has 2 aromatic rings. The van der Waals surface area contributed by atoms with Gasteiger partial charge >= 0.3 is 0 Å². The number of rotatable bonds is 5. The minimum atomic E-state index is -3.81. The molecule has 0 bridgehead atoms. The highest BCUT2D eigenvalue weighted by Gasteiger charge is 2.55. The highest BCUT2D eigenvalue weighted by Crippen LogP contribution is 2.43. The molecule has 136 valence electrons. The summed E-state index contributed by atoms with van der Waals surface area (Å²) in [5, 5.41) is 2.67. The van der Waals surface area contributed by atoms with Crippen molar-refractivity contribution in [1.29, 1.82) is 0 Å². The molecule has 0 aliphatic heterocycles. The number of sulfone groups is 1. The monoisotopic (exact) mass is 372 g/mol. The normalized spacial score (nSPS) is 15.7. The van der Waals surface area contributed by atoms with Gasteiger partial charge in [-0.05, 0) is 62.6 Å². The minimum absolute atomic E-state index is 0.155. The molecule has 0 atom stereocenters. The highest BCUT2D eigenvalue weighted by molar-refractivity contribution is 7.93. The molecule has 6 nitrogen and oxygen atoms in total. The van der Waals surface area contributed by atoms with Crippen LogP contribution < -0.4 is 11.1 Å². The van der Waals surface area contributed by atoms with Crippen molar-refractivity contribution < 1.29 is 18.0 Å². The summed E-state index contributed by atoms with van der Waals surface area (Å²) >= 11 is 0. The molecule has 3 rings (SSSR count). The zero-order valence-corrected chi connectivity index (χ0v) is 15.2. The number of carbonyl (C=O) groups excluding carboxylic acids is 2. The van der Waals surface area contributed by atoms with E-state index >= 15 is 0 Å². The number of hydrogen-bond donors (Lipinski definition) is 2. The average Bonchev–Trinajstić information content (AvgIpc) is 2.54. The average molecular weight is 372 g/mol. The molecule has 0 saturated heterocycles. The quantitative estimate of drug-likeness (QED) is 0.840. The SMILES string of the molecule is Cc1ccc(S(=O)(=O)C2(C(=O)Nc3ccc(C(N)=O)cc3)CCC2)cc1. The second kappa shape index (κ2) is 6.57. The van der Waals surface area contributed by atoms with Gasteiger partial charge in [0.2, 0.25) is 11.8 Å². The molecule has 1 fully saturated rings. The zero-order valence-electron chi connectivity index (χ0n) is 14.4. The van der Waals surface area contributed by atoms with Gasteiger partial charge in [0, 0.05) is 11.3 Å². The largest absolute Gasteiger partial charge is 0.366 e. The maximum Gasteiger partial charge on any atom is 0.248 e. The molecular weight excluding hydrogens is 352 g/mol. The van der Waals surface area contributed by atoms with Gasteiger partial charge in [-0.25, -0.2) is 8.42 Å². The van der Waals surface area contributed by atoms with Gasteiger partial charge < -0.3 is 11.1 Å². The number of hydrogen-bond acceptors (Lipinski definition) is 4. The third-order valence-corrected chi connectivity index (χ3v) is 7.36.